The topological polar surface area (TPSA) is 20.2 Å². The molecule has 0 spiro atoms. The number of hydrogen-bond acceptors (Lipinski definition) is 1. The third kappa shape index (κ3) is 20.1. The van der Waals surface area contributed by atoms with E-state index in [0.29, 0.717) is 0 Å². The van der Waals surface area contributed by atoms with Gasteiger partial charge in [-0.25, -0.2) is 0 Å². The standard InChI is InChI=1S/C30H50O/c1-25(2)14-10-17-28(5)20-11-18-26(3)15-8-9-16-27(4)19-12-21-29(6)22-13-23-30(7)24-31/h14-16,20-21,23,31H,8-13,17-19,22,24H2,1-7H3/b26-15+,27-16+,28-20-,29-21+,30-23+. The van der Waals surface area contributed by atoms with Gasteiger partial charge in [0.05, 0.1) is 6.61 Å². The van der Waals surface area contributed by atoms with Crippen LogP contribution in [-0.4, -0.2) is 11.7 Å². The van der Waals surface area contributed by atoms with E-state index in [2.05, 4.69) is 78.0 Å². The summed E-state index contributed by atoms with van der Waals surface area (Å²) in [5, 5.41) is 9.02. The van der Waals surface area contributed by atoms with Crippen LogP contribution in [0, 0.1) is 0 Å². The Labute approximate surface area is 194 Å². The van der Waals surface area contributed by atoms with Crippen LogP contribution in [0.1, 0.15) is 113 Å². The lowest BCUT2D eigenvalue weighted by Crippen LogP contribution is -1.85. The minimum atomic E-state index is 0.176. The zero-order chi connectivity index (χ0) is 23.5. The molecule has 0 rings (SSSR count). The second kappa shape index (κ2) is 19.1. The van der Waals surface area contributed by atoms with Gasteiger partial charge in [0, 0.05) is 0 Å². The lowest BCUT2D eigenvalue weighted by molar-refractivity contribution is 0.331. The molecule has 0 saturated heterocycles. The number of aliphatic hydroxyl groups is 1. The summed E-state index contributed by atoms with van der Waals surface area (Å²) in [6.45, 7) is 15.5. The van der Waals surface area contributed by atoms with Gasteiger partial charge in [-0.05, 0) is 113 Å². The maximum atomic E-state index is 9.02. The molecule has 0 aromatic rings. The Morgan fingerprint density at radius 2 is 0.710 bits per heavy atom. The number of unbranched alkanes of at least 4 members (excludes halogenated alkanes) is 1. The summed E-state index contributed by atoms with van der Waals surface area (Å²) in [4.78, 5) is 0. The molecule has 0 aliphatic heterocycles. The second-order valence-corrected chi connectivity index (χ2v) is 9.42. The summed E-state index contributed by atoms with van der Waals surface area (Å²) in [6.07, 6.45) is 25.5. The lowest BCUT2D eigenvalue weighted by Gasteiger charge is -2.03. The van der Waals surface area contributed by atoms with Gasteiger partial charge in [0.15, 0.2) is 0 Å². The van der Waals surface area contributed by atoms with Gasteiger partial charge in [0.25, 0.3) is 0 Å². The summed E-state index contributed by atoms with van der Waals surface area (Å²) in [7, 11) is 0. The van der Waals surface area contributed by atoms with E-state index in [4.69, 9.17) is 5.11 Å². The van der Waals surface area contributed by atoms with Gasteiger partial charge in [0.1, 0.15) is 0 Å². The highest BCUT2D eigenvalue weighted by molar-refractivity contribution is 5.08. The van der Waals surface area contributed by atoms with Gasteiger partial charge in [-0.1, -0.05) is 69.9 Å². The molecule has 31 heavy (non-hydrogen) atoms. The quantitative estimate of drug-likeness (QED) is 0.192. The highest BCUT2D eigenvalue weighted by Crippen LogP contribution is 2.14. The van der Waals surface area contributed by atoms with Crippen molar-refractivity contribution in [2.45, 2.75) is 113 Å². The Kier molecular flexibility index (Phi) is 18.1. The van der Waals surface area contributed by atoms with Crippen LogP contribution in [0.2, 0.25) is 0 Å². The molecular weight excluding hydrogens is 376 g/mol. The fourth-order valence-electron chi connectivity index (χ4n) is 3.36. The SMILES string of the molecule is CC(C)=CCC/C(C)=C\CC/C(C)=C/CC/C=C(\C)CC/C=C(\C)CC/C=C(\C)CO. The van der Waals surface area contributed by atoms with Crippen LogP contribution >= 0.6 is 0 Å². The molecule has 0 fully saturated rings. The van der Waals surface area contributed by atoms with E-state index in [9.17, 15) is 0 Å². The molecule has 0 aromatic heterocycles. The van der Waals surface area contributed by atoms with Crippen molar-refractivity contribution in [3.8, 4) is 0 Å². The summed E-state index contributed by atoms with van der Waals surface area (Å²) < 4.78 is 0. The molecule has 0 bridgehead atoms. The Morgan fingerprint density at radius 1 is 0.419 bits per heavy atom. The molecule has 0 saturated carbocycles. The van der Waals surface area contributed by atoms with E-state index < -0.39 is 0 Å². The second-order valence-electron chi connectivity index (χ2n) is 9.42. The van der Waals surface area contributed by atoms with Crippen LogP contribution in [0.25, 0.3) is 0 Å². The first kappa shape index (κ1) is 29.4. The number of aliphatic hydroxyl groups excluding tert-OH is 1. The number of allylic oxidation sites excluding steroid dienone is 11. The monoisotopic (exact) mass is 426 g/mol. The van der Waals surface area contributed by atoms with Gasteiger partial charge in [0.2, 0.25) is 0 Å². The van der Waals surface area contributed by atoms with E-state index in [1.54, 1.807) is 0 Å². The van der Waals surface area contributed by atoms with E-state index in [0.717, 1.165) is 44.1 Å². The average molecular weight is 427 g/mol. The molecule has 1 N–H and O–H groups in total. The van der Waals surface area contributed by atoms with Gasteiger partial charge in [-0.2, -0.15) is 0 Å². The molecule has 0 radical (unpaired) electrons. The summed E-state index contributed by atoms with van der Waals surface area (Å²) in [6, 6.07) is 0. The molecule has 1 heteroatoms. The normalized spacial score (nSPS) is 14.3. The lowest BCUT2D eigenvalue weighted by atomic mass is 10.0. The Morgan fingerprint density at radius 3 is 1.03 bits per heavy atom. The molecule has 0 aromatic carbocycles. The zero-order valence-corrected chi connectivity index (χ0v) is 21.7. The van der Waals surface area contributed by atoms with Crippen LogP contribution in [-0.2, 0) is 0 Å². The number of hydrogen-bond donors (Lipinski definition) is 1. The highest BCUT2D eigenvalue weighted by Gasteiger charge is 1.94. The zero-order valence-electron chi connectivity index (χ0n) is 21.7. The largest absolute Gasteiger partial charge is 0.392 e. The molecule has 0 aliphatic rings. The molecular formula is C30H50O. The maximum absolute atomic E-state index is 9.02. The van der Waals surface area contributed by atoms with Crippen molar-refractivity contribution in [2.75, 3.05) is 6.61 Å². The molecule has 0 atom stereocenters. The van der Waals surface area contributed by atoms with Crippen LogP contribution in [0.4, 0.5) is 0 Å². The molecule has 176 valence electrons. The van der Waals surface area contributed by atoms with Crippen molar-refractivity contribution in [3.63, 3.8) is 0 Å². The first-order valence-electron chi connectivity index (χ1n) is 12.3. The fraction of sp³-hybridized carbons (Fsp3) is 0.600. The van der Waals surface area contributed by atoms with E-state index in [-0.39, 0.29) is 6.61 Å². The smallest absolute Gasteiger partial charge is 0.0639 e. The van der Waals surface area contributed by atoms with E-state index >= 15 is 0 Å². The van der Waals surface area contributed by atoms with Crippen molar-refractivity contribution in [3.05, 3.63) is 69.9 Å². The first-order chi connectivity index (χ1) is 14.7. The molecule has 1 nitrogen and oxygen atoms in total. The molecule has 0 heterocycles. The summed E-state index contributed by atoms with van der Waals surface area (Å²) >= 11 is 0. The molecule has 0 aliphatic carbocycles. The van der Waals surface area contributed by atoms with Crippen molar-refractivity contribution in [2.24, 2.45) is 0 Å². The van der Waals surface area contributed by atoms with Gasteiger partial charge in [-0.15, -0.1) is 0 Å². The van der Waals surface area contributed by atoms with Crippen LogP contribution in [0.5, 0.6) is 0 Å². The van der Waals surface area contributed by atoms with Crippen LogP contribution < -0.4 is 0 Å². The molecule has 0 amide bonds. The minimum Gasteiger partial charge on any atom is -0.392 e. The average Bonchev–Trinajstić information content (AvgIpc) is 2.70. The van der Waals surface area contributed by atoms with Gasteiger partial charge in [-0.3, -0.25) is 0 Å². The summed E-state index contributed by atoms with van der Waals surface area (Å²) in [5.74, 6) is 0. The third-order valence-electron chi connectivity index (χ3n) is 5.59. The van der Waals surface area contributed by atoms with Crippen molar-refractivity contribution in [1.29, 1.82) is 0 Å². The predicted octanol–water partition coefficient (Wildman–Crippen LogP) is 9.58. The fourth-order valence-corrected chi connectivity index (χ4v) is 3.36. The van der Waals surface area contributed by atoms with Crippen molar-refractivity contribution < 1.29 is 5.11 Å². The maximum Gasteiger partial charge on any atom is 0.0639 e. The highest BCUT2D eigenvalue weighted by atomic mass is 16.3. The van der Waals surface area contributed by atoms with E-state index in [1.165, 1.54) is 53.5 Å². The predicted molar refractivity (Wildman–Crippen MR) is 141 cm³/mol. The van der Waals surface area contributed by atoms with Crippen LogP contribution in [0.15, 0.2) is 69.9 Å². The Bertz CT molecular complexity index is 661. The van der Waals surface area contributed by atoms with Crippen LogP contribution in [0.3, 0.4) is 0 Å². The first-order valence-corrected chi connectivity index (χ1v) is 12.3. The molecule has 0 unspecified atom stereocenters. The van der Waals surface area contributed by atoms with Gasteiger partial charge >= 0.3 is 0 Å². The Balaban J connectivity index is 4.07. The van der Waals surface area contributed by atoms with E-state index in [1.807, 2.05) is 6.92 Å². The Hall–Kier alpha value is -1.60. The third-order valence-corrected chi connectivity index (χ3v) is 5.59. The number of rotatable bonds is 16. The van der Waals surface area contributed by atoms with Crippen molar-refractivity contribution in [1.82, 2.24) is 0 Å². The summed E-state index contributed by atoms with van der Waals surface area (Å²) in [5.41, 5.74) is 8.47. The van der Waals surface area contributed by atoms with Gasteiger partial charge < -0.3 is 5.11 Å². The van der Waals surface area contributed by atoms with Crippen molar-refractivity contribution >= 4 is 0 Å². The minimum absolute atomic E-state index is 0.176.